The van der Waals surface area contributed by atoms with Crippen molar-refractivity contribution in [3.05, 3.63) is 40.0 Å². The Morgan fingerprint density at radius 3 is 2.69 bits per heavy atom. The Balaban J connectivity index is 3.33. The molecule has 0 amide bonds. The van der Waals surface area contributed by atoms with Crippen LogP contribution in [0.15, 0.2) is 24.3 Å². The van der Waals surface area contributed by atoms with Gasteiger partial charge in [-0.1, -0.05) is 6.08 Å². The van der Waals surface area contributed by atoms with E-state index in [9.17, 15) is 10.1 Å². The second kappa shape index (κ2) is 5.55. The SMILES string of the molecule is CC=C(SC)c1ccc(OC)cc1[N+](=O)[O-]. The first kappa shape index (κ1) is 12.6. The van der Waals surface area contributed by atoms with Gasteiger partial charge in [0.15, 0.2) is 0 Å². The number of ether oxygens (including phenoxy) is 1. The van der Waals surface area contributed by atoms with Crippen LogP contribution in [0.25, 0.3) is 4.91 Å². The van der Waals surface area contributed by atoms with Crippen molar-refractivity contribution in [2.45, 2.75) is 6.92 Å². The van der Waals surface area contributed by atoms with Gasteiger partial charge in [-0.3, -0.25) is 10.1 Å². The molecule has 1 rings (SSSR count). The molecule has 0 aliphatic carbocycles. The van der Waals surface area contributed by atoms with E-state index in [-0.39, 0.29) is 5.69 Å². The third-order valence-corrected chi connectivity index (χ3v) is 3.04. The lowest BCUT2D eigenvalue weighted by Crippen LogP contribution is -1.95. The van der Waals surface area contributed by atoms with Crippen LogP contribution in [0.3, 0.4) is 0 Å². The van der Waals surface area contributed by atoms with Gasteiger partial charge in [0, 0.05) is 4.91 Å². The largest absolute Gasteiger partial charge is 0.497 e. The minimum Gasteiger partial charge on any atom is -0.497 e. The summed E-state index contributed by atoms with van der Waals surface area (Å²) < 4.78 is 4.98. The Kier molecular flexibility index (Phi) is 4.37. The number of allylic oxidation sites excluding steroid dienone is 1. The van der Waals surface area contributed by atoms with Crippen LogP contribution >= 0.6 is 11.8 Å². The van der Waals surface area contributed by atoms with Crippen LogP contribution in [0.4, 0.5) is 5.69 Å². The van der Waals surface area contributed by atoms with Crippen LogP contribution < -0.4 is 4.74 Å². The second-order valence-corrected chi connectivity index (χ2v) is 3.85. The summed E-state index contributed by atoms with van der Waals surface area (Å²) in [6.07, 6.45) is 3.75. The highest BCUT2D eigenvalue weighted by molar-refractivity contribution is 8.07. The van der Waals surface area contributed by atoms with Crippen LogP contribution in [-0.2, 0) is 0 Å². The Hall–Kier alpha value is -1.49. The van der Waals surface area contributed by atoms with Crippen molar-refractivity contribution < 1.29 is 9.66 Å². The Morgan fingerprint density at radius 2 is 2.25 bits per heavy atom. The molecule has 0 atom stereocenters. The van der Waals surface area contributed by atoms with E-state index in [1.807, 2.05) is 19.3 Å². The van der Waals surface area contributed by atoms with Gasteiger partial charge in [0.25, 0.3) is 5.69 Å². The number of thioether (sulfide) groups is 1. The van der Waals surface area contributed by atoms with Crippen molar-refractivity contribution >= 4 is 22.4 Å². The van der Waals surface area contributed by atoms with E-state index in [2.05, 4.69) is 0 Å². The van der Waals surface area contributed by atoms with Crippen molar-refractivity contribution in [2.75, 3.05) is 13.4 Å². The van der Waals surface area contributed by atoms with Gasteiger partial charge < -0.3 is 4.74 Å². The third-order valence-electron chi connectivity index (χ3n) is 2.15. The highest BCUT2D eigenvalue weighted by atomic mass is 32.2. The predicted molar refractivity (Wildman–Crippen MR) is 66.8 cm³/mol. The molecule has 0 N–H and O–H groups in total. The molecule has 1 aromatic rings. The number of hydrogen-bond acceptors (Lipinski definition) is 4. The summed E-state index contributed by atoms with van der Waals surface area (Å²) in [5, 5.41) is 10.9. The van der Waals surface area contributed by atoms with Crippen molar-refractivity contribution in [2.24, 2.45) is 0 Å². The first-order valence-corrected chi connectivity index (χ1v) is 5.89. The molecule has 0 aliphatic rings. The molecule has 0 spiro atoms. The normalized spacial score (nSPS) is 11.3. The van der Waals surface area contributed by atoms with Crippen molar-refractivity contribution in [3.8, 4) is 5.75 Å². The smallest absolute Gasteiger partial charge is 0.281 e. The standard InChI is InChI=1S/C11H13NO3S/c1-4-11(16-3)9-6-5-8(15-2)7-10(9)12(13)14/h4-7H,1-3H3. The molecular formula is C11H13NO3S. The van der Waals surface area contributed by atoms with E-state index in [1.165, 1.54) is 24.9 Å². The van der Waals surface area contributed by atoms with E-state index in [0.29, 0.717) is 11.3 Å². The molecule has 16 heavy (non-hydrogen) atoms. The van der Waals surface area contributed by atoms with E-state index >= 15 is 0 Å². The highest BCUT2D eigenvalue weighted by Crippen LogP contribution is 2.34. The fourth-order valence-corrected chi connectivity index (χ4v) is 2.01. The zero-order valence-electron chi connectivity index (χ0n) is 9.39. The van der Waals surface area contributed by atoms with Gasteiger partial charge in [-0.15, -0.1) is 11.8 Å². The van der Waals surface area contributed by atoms with Gasteiger partial charge in [0.1, 0.15) is 5.75 Å². The molecule has 0 aliphatic heterocycles. The molecule has 5 heteroatoms. The van der Waals surface area contributed by atoms with Gasteiger partial charge in [-0.2, -0.15) is 0 Å². The number of methoxy groups -OCH3 is 1. The Morgan fingerprint density at radius 1 is 1.56 bits per heavy atom. The van der Waals surface area contributed by atoms with Crippen LogP contribution in [0.1, 0.15) is 12.5 Å². The lowest BCUT2D eigenvalue weighted by molar-refractivity contribution is -0.385. The van der Waals surface area contributed by atoms with Crippen LogP contribution in [-0.4, -0.2) is 18.3 Å². The van der Waals surface area contributed by atoms with Gasteiger partial charge in [0.05, 0.1) is 23.7 Å². The molecule has 0 bridgehead atoms. The molecule has 0 saturated heterocycles. The summed E-state index contributed by atoms with van der Waals surface area (Å²) in [5.74, 6) is 0.493. The number of hydrogen-bond donors (Lipinski definition) is 0. The molecule has 4 nitrogen and oxygen atoms in total. The Labute approximate surface area is 98.5 Å². The molecule has 0 heterocycles. The molecule has 0 unspecified atom stereocenters. The lowest BCUT2D eigenvalue weighted by atomic mass is 10.1. The van der Waals surface area contributed by atoms with Crippen LogP contribution in [0.5, 0.6) is 5.75 Å². The molecule has 1 aromatic carbocycles. The maximum Gasteiger partial charge on any atom is 0.281 e. The summed E-state index contributed by atoms with van der Waals surface area (Å²) in [4.78, 5) is 11.4. The molecule has 0 fully saturated rings. The second-order valence-electron chi connectivity index (χ2n) is 3.00. The van der Waals surface area contributed by atoms with Crippen LogP contribution in [0.2, 0.25) is 0 Å². The van der Waals surface area contributed by atoms with Gasteiger partial charge in [0.2, 0.25) is 0 Å². The number of nitro groups is 1. The maximum absolute atomic E-state index is 10.9. The number of benzene rings is 1. The fourth-order valence-electron chi connectivity index (χ4n) is 1.38. The lowest BCUT2D eigenvalue weighted by Gasteiger charge is -2.06. The topological polar surface area (TPSA) is 52.4 Å². The average molecular weight is 239 g/mol. The van der Waals surface area contributed by atoms with E-state index in [1.54, 1.807) is 12.1 Å². The van der Waals surface area contributed by atoms with Gasteiger partial charge in [-0.25, -0.2) is 0 Å². The molecular weight excluding hydrogens is 226 g/mol. The summed E-state index contributed by atoms with van der Waals surface area (Å²) >= 11 is 1.48. The van der Waals surface area contributed by atoms with Crippen LogP contribution in [0, 0.1) is 10.1 Å². The number of rotatable bonds is 4. The highest BCUT2D eigenvalue weighted by Gasteiger charge is 2.17. The van der Waals surface area contributed by atoms with Crippen molar-refractivity contribution in [1.29, 1.82) is 0 Å². The maximum atomic E-state index is 10.9. The quantitative estimate of drug-likeness (QED) is 0.597. The van der Waals surface area contributed by atoms with Crippen molar-refractivity contribution in [1.82, 2.24) is 0 Å². The summed E-state index contributed by atoms with van der Waals surface area (Å²) in [6.45, 7) is 1.86. The fraction of sp³-hybridized carbons (Fsp3) is 0.273. The zero-order chi connectivity index (χ0) is 12.1. The zero-order valence-corrected chi connectivity index (χ0v) is 10.2. The molecule has 0 saturated carbocycles. The van der Waals surface area contributed by atoms with Crippen molar-refractivity contribution in [3.63, 3.8) is 0 Å². The minimum atomic E-state index is -0.391. The summed E-state index contributed by atoms with van der Waals surface area (Å²) in [7, 11) is 1.49. The summed E-state index contributed by atoms with van der Waals surface area (Å²) in [6, 6.07) is 4.87. The molecule has 86 valence electrons. The van der Waals surface area contributed by atoms with E-state index in [4.69, 9.17) is 4.74 Å². The Bertz CT molecular complexity index is 429. The first-order valence-electron chi connectivity index (χ1n) is 4.67. The van der Waals surface area contributed by atoms with Gasteiger partial charge in [-0.05, 0) is 25.3 Å². The third kappa shape index (κ3) is 2.55. The summed E-state index contributed by atoms with van der Waals surface area (Å²) in [5.41, 5.74) is 0.697. The minimum absolute atomic E-state index is 0.0711. The average Bonchev–Trinajstić information content (AvgIpc) is 2.30. The van der Waals surface area contributed by atoms with Gasteiger partial charge >= 0.3 is 0 Å². The monoisotopic (exact) mass is 239 g/mol. The first-order chi connectivity index (χ1) is 7.63. The van der Waals surface area contributed by atoms with E-state index < -0.39 is 4.92 Å². The molecule has 0 aromatic heterocycles. The predicted octanol–water partition coefficient (Wildman–Crippen LogP) is 3.33. The number of nitrogens with zero attached hydrogens (tertiary/aromatic N) is 1. The number of nitro benzene ring substituents is 1. The van der Waals surface area contributed by atoms with E-state index in [0.717, 1.165) is 4.91 Å². The molecule has 0 radical (unpaired) electrons.